The van der Waals surface area contributed by atoms with Crippen molar-refractivity contribution in [3.63, 3.8) is 0 Å². The Bertz CT molecular complexity index is 818. The van der Waals surface area contributed by atoms with Gasteiger partial charge in [-0.15, -0.1) is 0 Å². The zero-order valence-corrected chi connectivity index (χ0v) is 13.8. The summed E-state index contributed by atoms with van der Waals surface area (Å²) in [5, 5.41) is 11.5. The fourth-order valence-electron chi connectivity index (χ4n) is 5.50. The first-order chi connectivity index (χ1) is 11.3. The third-order valence-electron chi connectivity index (χ3n) is 6.49. The molecule has 1 saturated heterocycles. The second kappa shape index (κ2) is 4.71. The van der Waals surface area contributed by atoms with Crippen molar-refractivity contribution in [2.24, 2.45) is 5.41 Å². The van der Waals surface area contributed by atoms with Gasteiger partial charge in [0.15, 0.2) is 0 Å². The van der Waals surface area contributed by atoms with E-state index in [1.54, 1.807) is 0 Å². The van der Waals surface area contributed by atoms with Crippen LogP contribution < -0.4 is 0 Å². The summed E-state index contributed by atoms with van der Waals surface area (Å²) in [5.41, 5.74) is 5.57. The zero-order chi connectivity index (χ0) is 15.6. The average Bonchev–Trinajstić information content (AvgIpc) is 2.95. The fraction of sp³-hybridized carbons (Fsp3) is 0.500. The molecule has 23 heavy (non-hydrogen) atoms. The van der Waals surface area contributed by atoms with E-state index in [0.717, 1.165) is 18.5 Å². The quantitative estimate of drug-likeness (QED) is 0.918. The Labute approximate surface area is 137 Å². The monoisotopic (exact) mass is 308 g/mol. The molecule has 3 nitrogen and oxygen atoms in total. The van der Waals surface area contributed by atoms with Crippen LogP contribution in [0.25, 0.3) is 16.6 Å². The van der Waals surface area contributed by atoms with Crippen molar-refractivity contribution in [2.75, 3.05) is 19.7 Å². The van der Waals surface area contributed by atoms with Gasteiger partial charge >= 0.3 is 0 Å². The molecule has 3 aliphatic rings. The van der Waals surface area contributed by atoms with Gasteiger partial charge in [0, 0.05) is 28.7 Å². The molecule has 0 amide bonds. The van der Waals surface area contributed by atoms with Crippen molar-refractivity contribution in [1.82, 2.24) is 9.47 Å². The van der Waals surface area contributed by atoms with Crippen LogP contribution in [0.1, 0.15) is 43.5 Å². The molecule has 0 radical (unpaired) electrons. The molecule has 2 atom stereocenters. The van der Waals surface area contributed by atoms with E-state index in [0.29, 0.717) is 6.04 Å². The first-order valence-electron chi connectivity index (χ1n) is 8.98. The number of hydrogen-bond donors (Lipinski definition) is 1. The van der Waals surface area contributed by atoms with Crippen molar-refractivity contribution in [2.45, 2.75) is 38.6 Å². The molecule has 1 aromatic heterocycles. The topological polar surface area (TPSA) is 28.4 Å². The van der Waals surface area contributed by atoms with Gasteiger partial charge in [-0.1, -0.05) is 31.2 Å². The van der Waals surface area contributed by atoms with E-state index in [9.17, 15) is 5.11 Å². The van der Waals surface area contributed by atoms with Crippen LogP contribution >= 0.6 is 0 Å². The van der Waals surface area contributed by atoms with E-state index < -0.39 is 0 Å². The molecule has 0 aliphatic carbocycles. The van der Waals surface area contributed by atoms with Crippen molar-refractivity contribution in [3.05, 3.63) is 41.6 Å². The van der Waals surface area contributed by atoms with Gasteiger partial charge in [0.1, 0.15) is 0 Å². The maximum Gasteiger partial charge on any atom is 0.0833 e. The van der Waals surface area contributed by atoms with Crippen molar-refractivity contribution in [1.29, 1.82) is 0 Å². The van der Waals surface area contributed by atoms with Gasteiger partial charge in [-0.3, -0.25) is 4.90 Å². The molecule has 1 N–H and O–H groups in total. The van der Waals surface area contributed by atoms with Crippen LogP contribution in [0.5, 0.6) is 0 Å². The molecular weight excluding hydrogens is 284 g/mol. The molecular formula is C20H24N2O. The minimum atomic E-state index is 0.125. The third-order valence-corrected chi connectivity index (χ3v) is 6.49. The number of nitrogens with zero attached hydrogens (tertiary/aromatic N) is 2. The highest BCUT2D eigenvalue weighted by atomic mass is 16.3. The first-order valence-corrected chi connectivity index (χ1v) is 8.98. The maximum absolute atomic E-state index is 10.1. The van der Waals surface area contributed by atoms with E-state index in [1.165, 1.54) is 48.1 Å². The molecule has 120 valence electrons. The Kier molecular flexibility index (Phi) is 2.83. The fourth-order valence-corrected chi connectivity index (χ4v) is 5.50. The van der Waals surface area contributed by atoms with E-state index in [4.69, 9.17) is 0 Å². The third kappa shape index (κ3) is 1.62. The summed E-state index contributed by atoms with van der Waals surface area (Å²) in [7, 11) is 0. The summed E-state index contributed by atoms with van der Waals surface area (Å²) in [4.78, 5) is 2.70. The molecule has 1 aromatic carbocycles. The van der Waals surface area contributed by atoms with Crippen molar-refractivity contribution >= 4 is 16.6 Å². The molecule has 1 fully saturated rings. The number of para-hydroxylation sites is 1. The predicted octanol–water partition coefficient (Wildman–Crippen LogP) is 3.58. The highest BCUT2D eigenvalue weighted by Gasteiger charge is 2.49. The first kappa shape index (κ1) is 13.8. The number of aromatic nitrogens is 1. The minimum absolute atomic E-state index is 0.125. The van der Waals surface area contributed by atoms with E-state index in [2.05, 4.69) is 46.7 Å². The SMILES string of the molecule is CC[C@]12C=C(CO)n3c4c(c5ccccc53)CCN(CCC1)[C@H]42. The Morgan fingerprint density at radius 2 is 2.13 bits per heavy atom. The Morgan fingerprint density at radius 1 is 1.26 bits per heavy atom. The standard InChI is InChI=1S/C20H24N2O/c1-2-20-9-5-10-21-11-8-16-15-6-3-4-7-17(15)22(14(12-20)13-23)18(16)19(20)21/h3-4,6-7,12,19,23H,2,5,8-11,13H2,1H3/t19-,20-/m1/s1. The summed E-state index contributed by atoms with van der Waals surface area (Å²) < 4.78 is 2.38. The number of aliphatic hydroxyl groups is 1. The summed E-state index contributed by atoms with van der Waals surface area (Å²) in [5.74, 6) is 0. The van der Waals surface area contributed by atoms with Gasteiger partial charge in [0.05, 0.1) is 18.2 Å². The van der Waals surface area contributed by atoms with Gasteiger partial charge in [0.2, 0.25) is 0 Å². The van der Waals surface area contributed by atoms with Gasteiger partial charge in [-0.2, -0.15) is 0 Å². The summed E-state index contributed by atoms with van der Waals surface area (Å²) in [6.07, 6.45) is 7.22. The van der Waals surface area contributed by atoms with Crippen LogP contribution in [-0.2, 0) is 6.42 Å². The largest absolute Gasteiger partial charge is 0.390 e. The highest BCUT2D eigenvalue weighted by Crippen LogP contribution is 2.56. The lowest BCUT2D eigenvalue weighted by molar-refractivity contribution is 0.0263. The van der Waals surface area contributed by atoms with Crippen LogP contribution in [-0.4, -0.2) is 34.3 Å². The smallest absolute Gasteiger partial charge is 0.0833 e. The highest BCUT2D eigenvalue weighted by molar-refractivity contribution is 5.90. The lowest BCUT2D eigenvalue weighted by atomic mass is 9.66. The molecule has 0 spiro atoms. The normalized spacial score (nSPS) is 29.5. The number of benzene rings is 1. The second-order valence-corrected chi connectivity index (χ2v) is 7.39. The van der Waals surface area contributed by atoms with Crippen LogP contribution in [0.15, 0.2) is 30.3 Å². The lowest BCUT2D eigenvalue weighted by Gasteiger charge is -2.53. The predicted molar refractivity (Wildman–Crippen MR) is 93.3 cm³/mol. The average molecular weight is 308 g/mol. The number of piperidine rings is 1. The van der Waals surface area contributed by atoms with Crippen LogP contribution in [0, 0.1) is 5.41 Å². The lowest BCUT2D eigenvalue weighted by Crippen LogP contribution is -2.50. The molecule has 0 saturated carbocycles. The Hall–Kier alpha value is -1.58. The van der Waals surface area contributed by atoms with Crippen molar-refractivity contribution < 1.29 is 5.11 Å². The Balaban J connectivity index is 1.89. The summed E-state index contributed by atoms with van der Waals surface area (Å²) >= 11 is 0. The molecule has 4 heterocycles. The van der Waals surface area contributed by atoms with Gasteiger partial charge in [0.25, 0.3) is 0 Å². The molecule has 0 unspecified atom stereocenters. The van der Waals surface area contributed by atoms with E-state index in [-0.39, 0.29) is 12.0 Å². The van der Waals surface area contributed by atoms with Gasteiger partial charge in [-0.05, 0) is 43.9 Å². The number of hydrogen-bond acceptors (Lipinski definition) is 2. The second-order valence-electron chi connectivity index (χ2n) is 7.39. The van der Waals surface area contributed by atoms with Crippen LogP contribution in [0.2, 0.25) is 0 Å². The maximum atomic E-state index is 10.1. The van der Waals surface area contributed by atoms with Crippen molar-refractivity contribution in [3.8, 4) is 0 Å². The summed E-state index contributed by atoms with van der Waals surface area (Å²) in [6, 6.07) is 9.23. The van der Waals surface area contributed by atoms with Gasteiger partial charge in [-0.25, -0.2) is 0 Å². The molecule has 2 aromatic rings. The Morgan fingerprint density at radius 3 is 2.96 bits per heavy atom. The minimum Gasteiger partial charge on any atom is -0.390 e. The molecule has 0 bridgehead atoms. The molecule has 3 heteroatoms. The van der Waals surface area contributed by atoms with Crippen LogP contribution in [0.3, 0.4) is 0 Å². The molecule has 3 aliphatic heterocycles. The number of rotatable bonds is 2. The van der Waals surface area contributed by atoms with E-state index in [1.807, 2.05) is 0 Å². The van der Waals surface area contributed by atoms with Crippen LogP contribution in [0.4, 0.5) is 0 Å². The summed E-state index contributed by atoms with van der Waals surface area (Å²) in [6.45, 7) is 4.84. The van der Waals surface area contributed by atoms with E-state index >= 15 is 0 Å². The number of fused-ring (bicyclic) bond motifs is 3. The zero-order valence-electron chi connectivity index (χ0n) is 13.8. The molecule has 5 rings (SSSR count). The number of aliphatic hydroxyl groups excluding tert-OH is 1. The van der Waals surface area contributed by atoms with Gasteiger partial charge < -0.3 is 9.67 Å².